The Balaban J connectivity index is 1.49. The molecule has 1 N–H and O–H groups in total. The second kappa shape index (κ2) is 11.1. The van der Waals surface area contributed by atoms with Crippen molar-refractivity contribution in [2.75, 3.05) is 63.2 Å². The minimum Gasteiger partial charge on any atom is -0.369 e. The number of halogens is 1. The zero-order valence-electron chi connectivity index (χ0n) is 21.8. The van der Waals surface area contributed by atoms with E-state index in [1.807, 2.05) is 30.4 Å². The first-order valence-corrected chi connectivity index (χ1v) is 12.7. The molecular formula is C27H37FN8. The van der Waals surface area contributed by atoms with Gasteiger partial charge in [0.15, 0.2) is 11.6 Å². The second-order valence-corrected chi connectivity index (χ2v) is 9.92. The number of piperazine rings is 1. The van der Waals surface area contributed by atoms with Gasteiger partial charge in [0.1, 0.15) is 17.7 Å². The van der Waals surface area contributed by atoms with E-state index in [4.69, 9.17) is 0 Å². The van der Waals surface area contributed by atoms with Crippen molar-refractivity contribution >= 4 is 29.4 Å². The van der Waals surface area contributed by atoms with Crippen molar-refractivity contribution < 1.29 is 4.39 Å². The topological polar surface area (TPSA) is 77.8 Å². The van der Waals surface area contributed by atoms with E-state index in [0.29, 0.717) is 24.1 Å². The monoisotopic (exact) mass is 492 g/mol. The number of likely N-dealkylation sites (N-methyl/N-ethyl adjacent to an activating group) is 2. The maximum absolute atomic E-state index is 15.1. The largest absolute Gasteiger partial charge is 0.369 e. The molecule has 0 aliphatic carbocycles. The number of aromatic nitrogens is 2. The molecule has 2 atom stereocenters. The molecule has 192 valence electrons. The standard InChI is InChI=1S/C27H37FN8/c1-6-19(2)17-31-25-23(7-9-30-25)20(3)36-10-8-22(18-36)34(5)27-24(28)15-21(16-29)26(32-27)35-13-11-33(4)12-14-35/h7,9,15,17,19,22,30H,3,6,8,10-14,18H2,1-2,4-5H3. The molecule has 2 aliphatic heterocycles. The molecule has 0 bridgehead atoms. The fourth-order valence-corrected chi connectivity index (χ4v) is 4.71. The first-order chi connectivity index (χ1) is 17.3. The van der Waals surface area contributed by atoms with E-state index in [0.717, 1.165) is 62.6 Å². The van der Waals surface area contributed by atoms with Gasteiger partial charge in [-0.1, -0.05) is 20.4 Å². The number of H-pyrrole nitrogens is 1. The van der Waals surface area contributed by atoms with Crippen molar-refractivity contribution in [2.24, 2.45) is 10.9 Å². The van der Waals surface area contributed by atoms with E-state index in [1.165, 1.54) is 6.07 Å². The van der Waals surface area contributed by atoms with Gasteiger partial charge in [0.25, 0.3) is 0 Å². The van der Waals surface area contributed by atoms with Crippen molar-refractivity contribution in [1.82, 2.24) is 19.8 Å². The van der Waals surface area contributed by atoms with E-state index in [2.05, 4.69) is 63.2 Å². The summed E-state index contributed by atoms with van der Waals surface area (Å²) in [5, 5.41) is 9.62. The van der Waals surface area contributed by atoms with Gasteiger partial charge >= 0.3 is 0 Å². The number of nitrogens with one attached hydrogen (secondary N) is 1. The molecule has 2 aromatic rings. The first-order valence-electron chi connectivity index (χ1n) is 12.7. The van der Waals surface area contributed by atoms with Gasteiger partial charge in [-0.15, -0.1) is 0 Å². The third kappa shape index (κ3) is 5.39. The summed E-state index contributed by atoms with van der Waals surface area (Å²) in [6.45, 7) is 13.5. The van der Waals surface area contributed by atoms with Gasteiger partial charge in [-0.2, -0.15) is 5.26 Å². The normalized spacial score (nSPS) is 19.6. The lowest BCUT2D eigenvalue weighted by molar-refractivity contribution is 0.312. The molecule has 2 aliphatic rings. The summed E-state index contributed by atoms with van der Waals surface area (Å²) < 4.78 is 15.1. The van der Waals surface area contributed by atoms with Crippen LogP contribution in [0.1, 0.15) is 37.8 Å². The van der Waals surface area contributed by atoms with Gasteiger partial charge in [-0.25, -0.2) is 14.4 Å². The third-order valence-corrected chi connectivity index (χ3v) is 7.43. The summed E-state index contributed by atoms with van der Waals surface area (Å²) >= 11 is 0. The van der Waals surface area contributed by atoms with Crippen LogP contribution in [-0.4, -0.2) is 85.4 Å². The molecule has 0 aromatic carbocycles. The molecule has 36 heavy (non-hydrogen) atoms. The van der Waals surface area contributed by atoms with E-state index in [-0.39, 0.29) is 11.6 Å². The van der Waals surface area contributed by atoms with Crippen molar-refractivity contribution in [2.45, 2.75) is 32.7 Å². The summed E-state index contributed by atoms with van der Waals surface area (Å²) in [4.78, 5) is 21.0. The van der Waals surface area contributed by atoms with Crippen molar-refractivity contribution in [1.29, 1.82) is 5.26 Å². The molecule has 4 rings (SSSR count). The zero-order valence-corrected chi connectivity index (χ0v) is 21.8. The first kappa shape index (κ1) is 25.7. The molecule has 2 unspecified atom stereocenters. The van der Waals surface area contributed by atoms with Gasteiger partial charge in [-0.3, -0.25) is 0 Å². The number of pyridine rings is 1. The molecule has 0 spiro atoms. The molecular weight excluding hydrogens is 455 g/mol. The number of nitrogens with zero attached hydrogens (tertiary/aromatic N) is 7. The number of aromatic amines is 1. The molecule has 0 amide bonds. The van der Waals surface area contributed by atoms with Crippen LogP contribution in [-0.2, 0) is 0 Å². The lowest BCUT2D eigenvalue weighted by atomic mass is 10.1. The summed E-state index contributed by atoms with van der Waals surface area (Å²) in [7, 11) is 3.97. The van der Waals surface area contributed by atoms with Crippen molar-refractivity contribution in [3.05, 3.63) is 41.9 Å². The Morgan fingerprint density at radius 2 is 2.14 bits per heavy atom. The Morgan fingerprint density at radius 1 is 1.39 bits per heavy atom. The SMILES string of the molecule is C=C(c1cc[nH]c1N=CC(C)CC)N1CCC(N(C)c2nc(N3CCN(C)CC3)c(C#N)cc2F)C1. The van der Waals surface area contributed by atoms with Gasteiger partial charge in [0.05, 0.1) is 5.56 Å². The Hall–Kier alpha value is -3.38. The predicted octanol–water partition coefficient (Wildman–Crippen LogP) is 4.10. The van der Waals surface area contributed by atoms with Crippen LogP contribution >= 0.6 is 0 Å². The van der Waals surface area contributed by atoms with Crippen LogP contribution < -0.4 is 9.80 Å². The lowest BCUT2D eigenvalue weighted by Crippen LogP contribution is -2.45. The van der Waals surface area contributed by atoms with Crippen LogP contribution in [0, 0.1) is 23.1 Å². The maximum atomic E-state index is 15.1. The van der Waals surface area contributed by atoms with E-state index >= 15 is 4.39 Å². The number of nitriles is 1. The third-order valence-electron chi connectivity index (χ3n) is 7.43. The highest BCUT2D eigenvalue weighted by Crippen LogP contribution is 2.33. The van der Waals surface area contributed by atoms with Gasteiger partial charge in [-0.05, 0) is 37.9 Å². The van der Waals surface area contributed by atoms with Crippen LogP contribution in [0.5, 0.6) is 0 Å². The molecule has 8 nitrogen and oxygen atoms in total. The maximum Gasteiger partial charge on any atom is 0.167 e. The molecule has 9 heteroatoms. The number of anilines is 2. The quantitative estimate of drug-likeness (QED) is 0.559. The number of rotatable bonds is 8. The molecule has 2 fully saturated rings. The summed E-state index contributed by atoms with van der Waals surface area (Å²) in [6, 6.07) is 5.55. The summed E-state index contributed by atoms with van der Waals surface area (Å²) in [5.41, 5.74) is 2.18. The average Bonchev–Trinajstić information content (AvgIpc) is 3.57. The Kier molecular flexibility index (Phi) is 7.94. The highest BCUT2D eigenvalue weighted by Gasteiger charge is 2.31. The average molecular weight is 493 g/mol. The predicted molar refractivity (Wildman–Crippen MR) is 144 cm³/mol. The smallest absolute Gasteiger partial charge is 0.167 e. The molecule has 2 aromatic heterocycles. The van der Waals surface area contributed by atoms with Crippen LogP contribution in [0.4, 0.5) is 21.8 Å². The molecule has 0 radical (unpaired) electrons. The molecule has 0 saturated carbocycles. The highest BCUT2D eigenvalue weighted by molar-refractivity contribution is 5.74. The van der Waals surface area contributed by atoms with Crippen LogP contribution in [0.15, 0.2) is 29.9 Å². The van der Waals surface area contributed by atoms with E-state index in [1.54, 1.807) is 0 Å². The van der Waals surface area contributed by atoms with Gasteiger partial charge in [0, 0.05) is 76.0 Å². The van der Waals surface area contributed by atoms with Gasteiger partial charge < -0.3 is 24.6 Å². The van der Waals surface area contributed by atoms with Gasteiger partial charge in [0.2, 0.25) is 0 Å². The highest BCUT2D eigenvalue weighted by atomic mass is 19.1. The Morgan fingerprint density at radius 3 is 2.83 bits per heavy atom. The van der Waals surface area contributed by atoms with E-state index in [9.17, 15) is 5.26 Å². The van der Waals surface area contributed by atoms with Crippen molar-refractivity contribution in [3.8, 4) is 6.07 Å². The number of hydrogen-bond donors (Lipinski definition) is 1. The fraction of sp³-hybridized carbons (Fsp3) is 0.519. The summed E-state index contributed by atoms with van der Waals surface area (Å²) in [6.07, 6.45) is 5.76. The van der Waals surface area contributed by atoms with Crippen LogP contribution in [0.3, 0.4) is 0 Å². The fourth-order valence-electron chi connectivity index (χ4n) is 4.71. The number of aliphatic imine (C=N–C) groups is 1. The second-order valence-electron chi connectivity index (χ2n) is 9.92. The van der Waals surface area contributed by atoms with Crippen molar-refractivity contribution in [3.63, 3.8) is 0 Å². The Bertz CT molecular complexity index is 1140. The minimum absolute atomic E-state index is 0.0723. The summed E-state index contributed by atoms with van der Waals surface area (Å²) in [5.74, 6) is 1.63. The minimum atomic E-state index is -0.462. The van der Waals surface area contributed by atoms with Crippen LogP contribution in [0.25, 0.3) is 5.70 Å². The molecule has 4 heterocycles. The molecule has 2 saturated heterocycles. The number of hydrogen-bond acceptors (Lipinski definition) is 7. The number of likely N-dealkylation sites (tertiary alicyclic amines) is 1. The van der Waals surface area contributed by atoms with Crippen LogP contribution in [0.2, 0.25) is 0 Å². The van der Waals surface area contributed by atoms with E-state index < -0.39 is 5.82 Å². The lowest BCUT2D eigenvalue weighted by Gasteiger charge is -2.34. The Labute approximate surface area is 213 Å². The zero-order chi connectivity index (χ0) is 25.8.